The van der Waals surface area contributed by atoms with Gasteiger partial charge in [-0.25, -0.2) is 0 Å². The van der Waals surface area contributed by atoms with Gasteiger partial charge in [0.05, 0.1) is 23.1 Å². The smallest absolute Gasteiger partial charge is 0.0703 e. The third kappa shape index (κ3) is 8.85. The molecule has 0 atom stereocenters. The van der Waals surface area contributed by atoms with Crippen LogP contribution in [-0.4, -0.2) is 23.1 Å². The lowest BCUT2D eigenvalue weighted by Crippen LogP contribution is -3.00. The van der Waals surface area contributed by atoms with Crippen LogP contribution in [0.1, 0.15) is 167 Å². The molecule has 0 radical (unpaired) electrons. The number of hydrogen-bond donors (Lipinski definition) is 0. The first-order valence-electron chi connectivity index (χ1n) is 15.2. The zero-order valence-corrected chi connectivity index (χ0v) is 24.4. The van der Waals surface area contributed by atoms with E-state index in [-0.39, 0.29) is 17.0 Å². The summed E-state index contributed by atoms with van der Waals surface area (Å²) in [5.74, 6) is 0. The molecule has 2 heteroatoms. The van der Waals surface area contributed by atoms with Crippen molar-refractivity contribution >= 4 is 7.26 Å². The first-order valence-corrected chi connectivity index (χ1v) is 17.4. The molecule has 0 N–H and O–H groups in total. The lowest BCUT2D eigenvalue weighted by Gasteiger charge is -2.49. The standard InChI is InChI=1S/C30H58P.BrH/c1-2-3-4-5-6-7-8-9-10-20-27-31(28-21-14-11-15-22-28,29-23-16-12-17-24-29)30-25-18-13-19-26-30;/h28-30H,2-27H2,1H3;1H/q+1;/p-1. The van der Waals surface area contributed by atoms with Crippen LogP contribution < -0.4 is 17.0 Å². The normalized spacial score (nSPS) is 22.0. The summed E-state index contributed by atoms with van der Waals surface area (Å²) in [6.07, 6.45) is 40.7. The molecule has 0 aromatic heterocycles. The summed E-state index contributed by atoms with van der Waals surface area (Å²) in [6, 6.07) is 0. The minimum absolute atomic E-state index is 0. The summed E-state index contributed by atoms with van der Waals surface area (Å²) in [6.45, 7) is 2.33. The summed E-state index contributed by atoms with van der Waals surface area (Å²) in [5.41, 5.74) is 3.60. The molecule has 0 nitrogen and oxygen atoms in total. The Balaban J connectivity index is 0.00000363. The topological polar surface area (TPSA) is 0 Å². The van der Waals surface area contributed by atoms with E-state index in [2.05, 4.69) is 6.92 Å². The van der Waals surface area contributed by atoms with E-state index in [0.717, 1.165) is 0 Å². The zero-order chi connectivity index (χ0) is 21.6. The van der Waals surface area contributed by atoms with Gasteiger partial charge in [0.2, 0.25) is 0 Å². The lowest BCUT2D eigenvalue weighted by molar-refractivity contribution is -0.00000672. The van der Waals surface area contributed by atoms with Gasteiger partial charge in [-0.1, -0.05) is 77.6 Å². The minimum Gasteiger partial charge on any atom is -1.00 e. The maximum Gasteiger partial charge on any atom is 0.0703 e. The summed E-state index contributed by atoms with van der Waals surface area (Å²) < 4.78 is 0. The van der Waals surface area contributed by atoms with Gasteiger partial charge in [-0.05, 0) is 89.9 Å². The van der Waals surface area contributed by atoms with Crippen LogP contribution in [0.3, 0.4) is 0 Å². The quantitative estimate of drug-likeness (QED) is 0.158. The summed E-state index contributed by atoms with van der Waals surface area (Å²) >= 11 is 0. The van der Waals surface area contributed by atoms with E-state index in [1.165, 1.54) is 68.3 Å². The van der Waals surface area contributed by atoms with E-state index in [1.54, 1.807) is 115 Å². The molecular weight excluding hydrogens is 471 g/mol. The van der Waals surface area contributed by atoms with Crippen LogP contribution in [0.2, 0.25) is 0 Å². The maximum absolute atomic E-state index is 2.33. The molecule has 3 aliphatic rings. The average Bonchev–Trinajstić information content (AvgIpc) is 2.84. The van der Waals surface area contributed by atoms with Crippen molar-refractivity contribution in [2.24, 2.45) is 0 Å². The van der Waals surface area contributed by atoms with Crippen molar-refractivity contribution in [3.63, 3.8) is 0 Å². The number of halogens is 1. The molecule has 3 fully saturated rings. The van der Waals surface area contributed by atoms with E-state index in [4.69, 9.17) is 0 Å². The number of rotatable bonds is 14. The van der Waals surface area contributed by atoms with Crippen molar-refractivity contribution in [1.82, 2.24) is 0 Å². The summed E-state index contributed by atoms with van der Waals surface area (Å²) in [4.78, 5) is 0. The fourth-order valence-corrected chi connectivity index (χ4v) is 15.6. The van der Waals surface area contributed by atoms with E-state index in [1.807, 2.05) is 0 Å². The van der Waals surface area contributed by atoms with Crippen LogP contribution >= 0.6 is 7.26 Å². The highest BCUT2D eigenvalue weighted by Crippen LogP contribution is 2.77. The van der Waals surface area contributed by atoms with Gasteiger partial charge < -0.3 is 17.0 Å². The van der Waals surface area contributed by atoms with Gasteiger partial charge >= 0.3 is 0 Å². The van der Waals surface area contributed by atoms with Crippen molar-refractivity contribution in [2.75, 3.05) is 6.16 Å². The Bertz CT molecular complexity index is 387. The zero-order valence-electron chi connectivity index (χ0n) is 21.9. The van der Waals surface area contributed by atoms with E-state index in [9.17, 15) is 0 Å². The van der Waals surface area contributed by atoms with Gasteiger partial charge in [0, 0.05) is 7.26 Å². The van der Waals surface area contributed by atoms with Crippen LogP contribution in [0.5, 0.6) is 0 Å². The third-order valence-corrected chi connectivity index (χ3v) is 16.4. The maximum atomic E-state index is 2.33. The second-order valence-corrected chi connectivity index (χ2v) is 16.4. The lowest BCUT2D eigenvalue weighted by atomic mass is 9.99. The van der Waals surface area contributed by atoms with Gasteiger partial charge in [-0.2, -0.15) is 0 Å². The molecule has 0 bridgehead atoms. The molecule has 0 aromatic rings. The Morgan fingerprint density at radius 3 is 1.09 bits per heavy atom. The second-order valence-electron chi connectivity index (χ2n) is 11.8. The van der Waals surface area contributed by atoms with E-state index < -0.39 is 7.26 Å². The average molecular weight is 530 g/mol. The Labute approximate surface area is 214 Å². The SMILES string of the molecule is CCCCCCCCCCCC[P+](C1CCCCC1)(C1CCCCC1)C1CCCCC1.[Br-]. The highest BCUT2D eigenvalue weighted by atomic mass is 79.9. The number of hydrogen-bond acceptors (Lipinski definition) is 0. The third-order valence-electron chi connectivity index (χ3n) is 9.66. The summed E-state index contributed by atoms with van der Waals surface area (Å²) in [7, 11) is -0.796. The van der Waals surface area contributed by atoms with Gasteiger partial charge in [0.1, 0.15) is 0 Å². The van der Waals surface area contributed by atoms with E-state index >= 15 is 0 Å². The molecule has 3 saturated carbocycles. The van der Waals surface area contributed by atoms with Crippen molar-refractivity contribution < 1.29 is 17.0 Å². The predicted molar refractivity (Wildman–Crippen MR) is 144 cm³/mol. The van der Waals surface area contributed by atoms with Crippen molar-refractivity contribution in [3.8, 4) is 0 Å². The Hall–Kier alpha value is 0.910. The van der Waals surface area contributed by atoms with Gasteiger partial charge in [0.15, 0.2) is 0 Å². The molecule has 0 heterocycles. The van der Waals surface area contributed by atoms with Crippen molar-refractivity contribution in [3.05, 3.63) is 0 Å². The molecule has 0 aromatic carbocycles. The number of unbranched alkanes of at least 4 members (excludes halogenated alkanes) is 9. The Morgan fingerprint density at radius 2 is 0.750 bits per heavy atom. The fourth-order valence-electron chi connectivity index (χ4n) is 8.00. The molecule has 3 aliphatic carbocycles. The van der Waals surface area contributed by atoms with Crippen LogP contribution in [0.25, 0.3) is 0 Å². The highest BCUT2D eigenvalue weighted by Gasteiger charge is 2.56. The molecule has 3 rings (SSSR count). The molecule has 0 amide bonds. The van der Waals surface area contributed by atoms with Gasteiger partial charge in [-0.3, -0.25) is 0 Å². The van der Waals surface area contributed by atoms with Crippen LogP contribution in [0, 0.1) is 0 Å². The van der Waals surface area contributed by atoms with Crippen LogP contribution in [0.15, 0.2) is 0 Å². The second kappa shape index (κ2) is 17.4. The fraction of sp³-hybridized carbons (Fsp3) is 1.00. The molecule has 0 aliphatic heterocycles. The van der Waals surface area contributed by atoms with Crippen LogP contribution in [0.4, 0.5) is 0 Å². The van der Waals surface area contributed by atoms with Gasteiger partial charge in [-0.15, -0.1) is 0 Å². The monoisotopic (exact) mass is 528 g/mol. The largest absolute Gasteiger partial charge is 1.00 e. The Morgan fingerprint density at radius 1 is 0.438 bits per heavy atom. The van der Waals surface area contributed by atoms with Crippen molar-refractivity contribution in [2.45, 2.75) is 184 Å². The predicted octanol–water partition coefficient (Wildman–Crippen LogP) is 7.93. The molecular formula is C30H58BrP. The molecule has 190 valence electrons. The molecule has 0 spiro atoms. The Kier molecular flexibility index (Phi) is 15.8. The summed E-state index contributed by atoms with van der Waals surface area (Å²) in [5, 5.41) is 0. The van der Waals surface area contributed by atoms with Crippen LogP contribution in [-0.2, 0) is 0 Å². The van der Waals surface area contributed by atoms with E-state index in [0.29, 0.717) is 0 Å². The molecule has 0 saturated heterocycles. The van der Waals surface area contributed by atoms with Crippen molar-refractivity contribution in [1.29, 1.82) is 0 Å². The molecule has 32 heavy (non-hydrogen) atoms. The first kappa shape index (κ1) is 29.1. The minimum atomic E-state index is -0.796. The highest BCUT2D eigenvalue weighted by molar-refractivity contribution is 7.77. The first-order chi connectivity index (χ1) is 15.4. The van der Waals surface area contributed by atoms with Gasteiger partial charge in [0.25, 0.3) is 0 Å². The molecule has 0 unspecified atom stereocenters.